The molecule has 2 aliphatic carbocycles. The molecule has 146 valence electrons. The van der Waals surface area contributed by atoms with Crippen LogP contribution in [0.25, 0.3) is 0 Å². The van der Waals surface area contributed by atoms with Gasteiger partial charge in [0.1, 0.15) is 0 Å². The van der Waals surface area contributed by atoms with Crippen molar-refractivity contribution >= 4 is 17.8 Å². The van der Waals surface area contributed by atoms with Gasteiger partial charge in [0, 0.05) is 43.9 Å². The Hall–Kier alpha value is -2.41. The molecule has 27 heavy (non-hydrogen) atoms. The summed E-state index contributed by atoms with van der Waals surface area (Å²) >= 11 is 0. The minimum Gasteiger partial charge on any atom is -0.480 e. The Morgan fingerprint density at radius 1 is 1.07 bits per heavy atom. The lowest BCUT2D eigenvalue weighted by Gasteiger charge is -2.42. The van der Waals surface area contributed by atoms with Crippen LogP contribution in [0.1, 0.15) is 46.4 Å². The molecule has 0 aliphatic heterocycles. The van der Waals surface area contributed by atoms with E-state index in [0.29, 0.717) is 17.0 Å². The number of amides is 2. The SMILES string of the molecule is CN(C)C(=O)c1ccc(C(=O)NC2CC(N(CC(=O)O)CC3CC3)C2)cc1. The highest BCUT2D eigenvalue weighted by Gasteiger charge is 2.37. The number of rotatable bonds is 8. The maximum Gasteiger partial charge on any atom is 0.317 e. The van der Waals surface area contributed by atoms with Crippen molar-refractivity contribution in [2.24, 2.45) is 5.92 Å². The summed E-state index contributed by atoms with van der Waals surface area (Å²) in [5.74, 6) is -0.413. The summed E-state index contributed by atoms with van der Waals surface area (Å²) in [6, 6.07) is 6.93. The largest absolute Gasteiger partial charge is 0.480 e. The molecule has 7 nitrogen and oxygen atoms in total. The molecule has 1 aromatic rings. The molecule has 0 aromatic heterocycles. The van der Waals surface area contributed by atoms with E-state index < -0.39 is 5.97 Å². The molecule has 2 N–H and O–H groups in total. The van der Waals surface area contributed by atoms with Crippen LogP contribution in [0.4, 0.5) is 0 Å². The Kier molecular flexibility index (Phi) is 5.79. The highest BCUT2D eigenvalue weighted by Crippen LogP contribution is 2.33. The molecule has 1 aromatic carbocycles. The number of carbonyl (C=O) groups is 3. The van der Waals surface area contributed by atoms with Crippen molar-refractivity contribution in [3.63, 3.8) is 0 Å². The molecule has 3 rings (SSSR count). The van der Waals surface area contributed by atoms with Gasteiger partial charge in [-0.2, -0.15) is 0 Å². The lowest BCUT2D eigenvalue weighted by atomic mass is 9.85. The summed E-state index contributed by atoms with van der Waals surface area (Å²) in [7, 11) is 3.37. The highest BCUT2D eigenvalue weighted by molar-refractivity contribution is 5.97. The van der Waals surface area contributed by atoms with E-state index in [1.807, 2.05) is 4.90 Å². The average molecular weight is 373 g/mol. The van der Waals surface area contributed by atoms with Gasteiger partial charge < -0.3 is 15.3 Å². The lowest BCUT2D eigenvalue weighted by molar-refractivity contribution is -0.139. The maximum atomic E-state index is 12.4. The molecule has 0 bridgehead atoms. The number of aliphatic carboxylic acids is 1. The van der Waals surface area contributed by atoms with E-state index in [-0.39, 0.29) is 30.4 Å². The smallest absolute Gasteiger partial charge is 0.317 e. The van der Waals surface area contributed by atoms with Crippen LogP contribution in [0, 0.1) is 5.92 Å². The third-order valence-corrected chi connectivity index (χ3v) is 5.29. The quantitative estimate of drug-likeness (QED) is 0.720. The fourth-order valence-electron chi connectivity index (χ4n) is 3.44. The van der Waals surface area contributed by atoms with Crippen molar-refractivity contribution in [2.75, 3.05) is 27.2 Å². The Morgan fingerprint density at radius 2 is 1.67 bits per heavy atom. The van der Waals surface area contributed by atoms with E-state index in [4.69, 9.17) is 5.11 Å². The fourth-order valence-corrected chi connectivity index (χ4v) is 3.44. The predicted octanol–water partition coefficient (Wildman–Crippen LogP) is 1.45. The van der Waals surface area contributed by atoms with Gasteiger partial charge in [0.05, 0.1) is 6.54 Å². The summed E-state index contributed by atoms with van der Waals surface area (Å²) in [4.78, 5) is 38.9. The first-order valence-corrected chi connectivity index (χ1v) is 9.42. The van der Waals surface area contributed by atoms with Crippen molar-refractivity contribution in [3.05, 3.63) is 35.4 Å². The molecule has 2 fully saturated rings. The van der Waals surface area contributed by atoms with Crippen LogP contribution in [0.2, 0.25) is 0 Å². The van der Waals surface area contributed by atoms with Gasteiger partial charge >= 0.3 is 5.97 Å². The van der Waals surface area contributed by atoms with Crippen LogP contribution in [0.5, 0.6) is 0 Å². The molecule has 0 heterocycles. The molecule has 0 spiro atoms. The van der Waals surface area contributed by atoms with Crippen molar-refractivity contribution in [3.8, 4) is 0 Å². The molecule has 2 amide bonds. The molecule has 0 unspecified atom stereocenters. The third-order valence-electron chi connectivity index (χ3n) is 5.29. The van der Waals surface area contributed by atoms with Crippen molar-refractivity contribution in [1.82, 2.24) is 15.1 Å². The van der Waals surface area contributed by atoms with Gasteiger partial charge in [0.2, 0.25) is 0 Å². The number of hydrogen-bond acceptors (Lipinski definition) is 4. The number of hydrogen-bond donors (Lipinski definition) is 2. The maximum absolute atomic E-state index is 12.4. The van der Waals surface area contributed by atoms with Gasteiger partial charge in [-0.3, -0.25) is 19.3 Å². The van der Waals surface area contributed by atoms with Gasteiger partial charge in [-0.25, -0.2) is 0 Å². The van der Waals surface area contributed by atoms with Gasteiger partial charge in [-0.1, -0.05) is 0 Å². The number of nitrogens with zero attached hydrogens (tertiary/aromatic N) is 2. The summed E-state index contributed by atoms with van der Waals surface area (Å²) < 4.78 is 0. The van der Waals surface area contributed by atoms with Gasteiger partial charge in [0.25, 0.3) is 11.8 Å². The Labute approximate surface area is 159 Å². The minimum atomic E-state index is -0.796. The van der Waals surface area contributed by atoms with Gasteiger partial charge in [-0.15, -0.1) is 0 Å². The average Bonchev–Trinajstić information content (AvgIpc) is 3.40. The van der Waals surface area contributed by atoms with Crippen LogP contribution < -0.4 is 5.32 Å². The van der Waals surface area contributed by atoms with E-state index >= 15 is 0 Å². The molecule has 0 radical (unpaired) electrons. The van der Waals surface area contributed by atoms with Crippen LogP contribution in [-0.2, 0) is 4.79 Å². The highest BCUT2D eigenvalue weighted by atomic mass is 16.4. The summed E-state index contributed by atoms with van der Waals surface area (Å²) in [6.45, 7) is 0.919. The van der Waals surface area contributed by atoms with E-state index in [1.54, 1.807) is 38.4 Å². The van der Waals surface area contributed by atoms with E-state index in [2.05, 4.69) is 5.32 Å². The zero-order valence-corrected chi connectivity index (χ0v) is 15.9. The van der Waals surface area contributed by atoms with Crippen molar-refractivity contribution < 1.29 is 19.5 Å². The van der Waals surface area contributed by atoms with Gasteiger partial charge in [-0.05, 0) is 55.9 Å². The molecular formula is C20H27N3O4. The molecule has 0 saturated heterocycles. The van der Waals surface area contributed by atoms with Crippen molar-refractivity contribution in [2.45, 2.75) is 37.8 Å². The first-order chi connectivity index (χ1) is 12.8. The zero-order chi connectivity index (χ0) is 19.6. The third kappa shape index (κ3) is 5.07. The normalized spacial score (nSPS) is 21.4. The summed E-state index contributed by atoms with van der Waals surface area (Å²) in [5.41, 5.74) is 1.07. The molecule has 2 saturated carbocycles. The number of nitrogens with one attached hydrogen (secondary N) is 1. The fraction of sp³-hybridized carbons (Fsp3) is 0.550. The Morgan fingerprint density at radius 3 is 2.19 bits per heavy atom. The van der Waals surface area contributed by atoms with Crippen LogP contribution >= 0.6 is 0 Å². The van der Waals surface area contributed by atoms with Gasteiger partial charge in [0.15, 0.2) is 0 Å². The molecule has 0 atom stereocenters. The second-order valence-electron chi connectivity index (χ2n) is 7.84. The predicted molar refractivity (Wildman–Crippen MR) is 101 cm³/mol. The second-order valence-corrected chi connectivity index (χ2v) is 7.84. The number of benzene rings is 1. The van der Waals surface area contributed by atoms with E-state index in [0.717, 1.165) is 19.4 Å². The standard InChI is InChI=1S/C20H27N3O4/c1-22(2)20(27)15-7-5-14(6-8-15)19(26)21-16-9-17(10-16)23(12-18(24)25)11-13-3-4-13/h5-8,13,16-17H,3-4,9-12H2,1-2H3,(H,21,26)(H,24,25). The number of carboxylic acid groups (broad SMARTS) is 1. The Balaban J connectivity index is 1.49. The number of carbonyl (C=O) groups excluding carboxylic acids is 2. The Bertz CT molecular complexity index is 706. The first kappa shape index (κ1) is 19.4. The van der Waals surface area contributed by atoms with Crippen LogP contribution in [0.15, 0.2) is 24.3 Å². The topological polar surface area (TPSA) is 90.0 Å². The van der Waals surface area contributed by atoms with Crippen LogP contribution in [-0.4, -0.2) is 72.0 Å². The minimum absolute atomic E-state index is 0.0704. The lowest BCUT2D eigenvalue weighted by Crippen LogP contribution is -2.55. The molecular weight excluding hydrogens is 346 g/mol. The van der Waals surface area contributed by atoms with E-state index in [1.165, 1.54) is 17.7 Å². The van der Waals surface area contributed by atoms with Crippen LogP contribution in [0.3, 0.4) is 0 Å². The summed E-state index contributed by atoms with van der Waals surface area (Å²) in [5, 5.41) is 12.1. The van der Waals surface area contributed by atoms with Crippen molar-refractivity contribution in [1.29, 1.82) is 0 Å². The molecule has 7 heteroatoms. The number of carboxylic acids is 1. The molecule has 2 aliphatic rings. The monoisotopic (exact) mass is 373 g/mol. The first-order valence-electron chi connectivity index (χ1n) is 9.42. The second kappa shape index (κ2) is 8.08. The summed E-state index contributed by atoms with van der Waals surface area (Å²) in [6.07, 6.45) is 3.94. The van der Waals surface area contributed by atoms with E-state index in [9.17, 15) is 14.4 Å². The zero-order valence-electron chi connectivity index (χ0n) is 15.9.